The van der Waals surface area contributed by atoms with E-state index in [0.717, 1.165) is 9.75 Å². The van der Waals surface area contributed by atoms with Gasteiger partial charge < -0.3 is 5.73 Å². The second kappa shape index (κ2) is 6.23. The molecule has 4 heteroatoms. The van der Waals surface area contributed by atoms with Crippen molar-refractivity contribution in [2.24, 2.45) is 0 Å². The van der Waals surface area contributed by atoms with E-state index in [1.54, 1.807) is 35.6 Å². The molecule has 0 radical (unpaired) electrons. The quantitative estimate of drug-likeness (QED) is 0.495. The van der Waals surface area contributed by atoms with E-state index in [-0.39, 0.29) is 5.56 Å². The van der Waals surface area contributed by atoms with E-state index in [0.29, 0.717) is 16.8 Å². The number of anilines is 1. The molecule has 0 saturated carbocycles. The van der Waals surface area contributed by atoms with E-state index in [1.165, 1.54) is 12.1 Å². The van der Waals surface area contributed by atoms with E-state index in [4.69, 9.17) is 5.73 Å². The molecule has 0 saturated heterocycles. The Morgan fingerprint density at radius 3 is 2.13 bits per heavy atom. The van der Waals surface area contributed by atoms with Crippen LogP contribution in [0.5, 0.6) is 0 Å². The minimum Gasteiger partial charge on any atom is -0.399 e. The summed E-state index contributed by atoms with van der Waals surface area (Å²) in [7, 11) is 0. The average molecular weight is 325 g/mol. The predicted molar refractivity (Wildman–Crippen MR) is 91.2 cm³/mol. The zero-order valence-electron chi connectivity index (χ0n) is 12.4. The molecular formula is C19H13F2NS. The van der Waals surface area contributed by atoms with Gasteiger partial charge >= 0.3 is 0 Å². The molecule has 0 bridgehead atoms. The van der Waals surface area contributed by atoms with Crippen molar-refractivity contribution in [2.45, 2.75) is 6.92 Å². The van der Waals surface area contributed by atoms with E-state index in [1.807, 2.05) is 19.1 Å². The summed E-state index contributed by atoms with van der Waals surface area (Å²) in [4.78, 5) is 2.01. The van der Waals surface area contributed by atoms with Crippen LogP contribution in [0.2, 0.25) is 0 Å². The van der Waals surface area contributed by atoms with Crippen molar-refractivity contribution >= 4 is 17.0 Å². The minimum absolute atomic E-state index is 0.0671. The first-order valence-electron chi connectivity index (χ1n) is 6.96. The topological polar surface area (TPSA) is 26.0 Å². The van der Waals surface area contributed by atoms with Crippen molar-refractivity contribution in [3.05, 3.63) is 75.5 Å². The van der Waals surface area contributed by atoms with Crippen LogP contribution >= 0.6 is 11.3 Å². The Morgan fingerprint density at radius 2 is 1.57 bits per heavy atom. The lowest BCUT2D eigenvalue weighted by Gasteiger charge is -2.06. The van der Waals surface area contributed by atoms with E-state index in [9.17, 15) is 8.78 Å². The average Bonchev–Trinajstić information content (AvgIpc) is 2.92. The molecule has 2 aromatic carbocycles. The molecule has 23 heavy (non-hydrogen) atoms. The summed E-state index contributed by atoms with van der Waals surface area (Å²) in [6, 6.07) is 12.8. The van der Waals surface area contributed by atoms with Gasteiger partial charge in [-0.2, -0.15) is 0 Å². The Hall–Kier alpha value is -2.64. The van der Waals surface area contributed by atoms with Crippen LogP contribution in [0.3, 0.4) is 0 Å². The molecule has 0 aliphatic heterocycles. The Kier molecular flexibility index (Phi) is 4.14. The monoisotopic (exact) mass is 325 g/mol. The molecule has 0 unspecified atom stereocenters. The summed E-state index contributed by atoms with van der Waals surface area (Å²) in [6.07, 6.45) is 0. The molecule has 0 aliphatic rings. The summed E-state index contributed by atoms with van der Waals surface area (Å²) in [5, 5.41) is 0. The largest absolute Gasteiger partial charge is 0.399 e. The van der Waals surface area contributed by atoms with Gasteiger partial charge in [0.1, 0.15) is 11.6 Å². The van der Waals surface area contributed by atoms with Crippen LogP contribution in [0, 0.1) is 30.4 Å². The smallest absolute Gasteiger partial charge is 0.135 e. The molecule has 1 heterocycles. The van der Waals surface area contributed by atoms with Gasteiger partial charge in [-0.3, -0.25) is 0 Å². The lowest BCUT2D eigenvalue weighted by molar-refractivity contribution is 0.589. The number of nitrogens with two attached hydrogens (primary N) is 1. The van der Waals surface area contributed by atoms with Crippen LogP contribution in [-0.2, 0) is 0 Å². The zero-order chi connectivity index (χ0) is 16.4. The number of benzene rings is 2. The molecule has 1 aromatic heterocycles. The Bertz CT molecular complexity index is 892. The summed E-state index contributed by atoms with van der Waals surface area (Å²) in [5.74, 6) is 4.45. The van der Waals surface area contributed by atoms with Gasteiger partial charge in [0.25, 0.3) is 0 Å². The fourth-order valence-corrected chi connectivity index (χ4v) is 2.93. The van der Waals surface area contributed by atoms with Crippen LogP contribution in [0.15, 0.2) is 48.5 Å². The van der Waals surface area contributed by atoms with Crippen molar-refractivity contribution in [3.63, 3.8) is 0 Å². The molecule has 0 spiro atoms. The van der Waals surface area contributed by atoms with Crippen LogP contribution in [0.25, 0.3) is 11.1 Å². The molecule has 3 aromatic rings. The number of nitrogen functional groups attached to an aromatic ring is 1. The van der Waals surface area contributed by atoms with Gasteiger partial charge in [-0.25, -0.2) is 8.78 Å². The molecule has 3 rings (SSSR count). The van der Waals surface area contributed by atoms with Crippen LogP contribution in [0.4, 0.5) is 14.5 Å². The first kappa shape index (κ1) is 15.3. The normalized spacial score (nSPS) is 10.2. The van der Waals surface area contributed by atoms with Crippen molar-refractivity contribution in [1.82, 2.24) is 0 Å². The van der Waals surface area contributed by atoms with Crippen molar-refractivity contribution in [1.29, 1.82) is 0 Å². The zero-order valence-corrected chi connectivity index (χ0v) is 13.2. The third-order valence-electron chi connectivity index (χ3n) is 3.31. The molecule has 1 nitrogen and oxygen atoms in total. The maximum Gasteiger partial charge on any atom is 0.135 e. The fourth-order valence-electron chi connectivity index (χ4n) is 2.21. The van der Waals surface area contributed by atoms with Gasteiger partial charge in [0.15, 0.2) is 0 Å². The van der Waals surface area contributed by atoms with Gasteiger partial charge in [0, 0.05) is 16.1 Å². The van der Waals surface area contributed by atoms with Gasteiger partial charge in [-0.1, -0.05) is 24.0 Å². The number of hydrogen-bond donors (Lipinski definition) is 1. The SMILES string of the molecule is Cc1ccc(C#Cc2cc(F)c(-c3ccc(N)cc3)c(F)c2)s1. The number of hydrogen-bond acceptors (Lipinski definition) is 2. The summed E-state index contributed by atoms with van der Waals surface area (Å²) >= 11 is 1.54. The first-order chi connectivity index (χ1) is 11.0. The highest BCUT2D eigenvalue weighted by Gasteiger charge is 2.12. The third-order valence-corrected chi connectivity index (χ3v) is 4.23. The number of halogens is 2. The highest BCUT2D eigenvalue weighted by atomic mass is 32.1. The molecule has 2 N–H and O–H groups in total. The van der Waals surface area contributed by atoms with Crippen molar-refractivity contribution < 1.29 is 8.78 Å². The lowest BCUT2D eigenvalue weighted by Crippen LogP contribution is -1.93. The number of rotatable bonds is 1. The second-order valence-electron chi connectivity index (χ2n) is 5.10. The highest BCUT2D eigenvalue weighted by Crippen LogP contribution is 2.27. The highest BCUT2D eigenvalue weighted by molar-refractivity contribution is 7.12. The summed E-state index contributed by atoms with van der Waals surface area (Å²) in [5.41, 5.74) is 6.83. The number of thiophene rings is 1. The predicted octanol–water partition coefficient (Wildman–Crippen LogP) is 4.98. The maximum atomic E-state index is 14.3. The minimum atomic E-state index is -0.638. The standard InChI is InChI=1S/C19H13F2NS/c1-12-2-8-16(23-12)9-3-13-10-17(20)19(18(21)11-13)14-4-6-15(22)7-5-14/h2,4-8,10-11H,22H2,1H3. The van der Waals surface area contributed by atoms with Crippen LogP contribution < -0.4 is 5.73 Å². The maximum absolute atomic E-state index is 14.3. The molecule has 0 atom stereocenters. The van der Waals surface area contributed by atoms with Crippen LogP contribution in [0.1, 0.15) is 15.3 Å². The van der Waals surface area contributed by atoms with E-state index >= 15 is 0 Å². The Labute approximate surface area is 137 Å². The van der Waals surface area contributed by atoms with Crippen LogP contribution in [-0.4, -0.2) is 0 Å². The molecule has 0 aliphatic carbocycles. The van der Waals surface area contributed by atoms with Gasteiger partial charge in [0.05, 0.1) is 10.4 Å². The molecular weight excluding hydrogens is 312 g/mol. The molecule has 0 amide bonds. The number of aryl methyl sites for hydroxylation is 1. The van der Waals surface area contributed by atoms with Crippen molar-refractivity contribution in [3.8, 4) is 23.0 Å². The second-order valence-corrected chi connectivity index (χ2v) is 6.39. The molecule has 0 fully saturated rings. The van der Waals surface area contributed by atoms with E-state index in [2.05, 4.69) is 11.8 Å². The van der Waals surface area contributed by atoms with Gasteiger partial charge in [-0.05, 0) is 48.9 Å². The summed E-state index contributed by atoms with van der Waals surface area (Å²) < 4.78 is 28.6. The molecule has 114 valence electrons. The third kappa shape index (κ3) is 3.41. The van der Waals surface area contributed by atoms with E-state index < -0.39 is 11.6 Å². The first-order valence-corrected chi connectivity index (χ1v) is 7.78. The lowest BCUT2D eigenvalue weighted by atomic mass is 10.0. The summed E-state index contributed by atoms with van der Waals surface area (Å²) in [6.45, 7) is 1.98. The van der Waals surface area contributed by atoms with Gasteiger partial charge in [0.2, 0.25) is 0 Å². The fraction of sp³-hybridized carbons (Fsp3) is 0.0526. The Balaban J connectivity index is 1.97. The Morgan fingerprint density at radius 1 is 0.913 bits per heavy atom. The van der Waals surface area contributed by atoms with Gasteiger partial charge in [-0.15, -0.1) is 11.3 Å². The van der Waals surface area contributed by atoms with Crippen molar-refractivity contribution in [2.75, 3.05) is 5.73 Å².